The topological polar surface area (TPSA) is 81.6 Å². The molecule has 3 rings (SSSR count). The Bertz CT molecular complexity index is 825. The van der Waals surface area contributed by atoms with Gasteiger partial charge in [-0.3, -0.25) is 4.90 Å². The smallest absolute Gasteiger partial charge is 0.337 e. The summed E-state index contributed by atoms with van der Waals surface area (Å²) in [5, 5.41) is 8.14. The number of ether oxygens (including phenoxy) is 1. The number of esters is 1. The predicted molar refractivity (Wildman–Crippen MR) is 94.2 cm³/mol. The minimum absolute atomic E-state index is 0.335. The minimum atomic E-state index is -0.335. The van der Waals surface area contributed by atoms with Crippen LogP contribution in [0.25, 0.3) is 11.7 Å². The summed E-state index contributed by atoms with van der Waals surface area (Å²) in [6.07, 6.45) is 2.57. The Morgan fingerprint density at radius 3 is 2.62 bits per heavy atom. The third kappa shape index (κ3) is 4.37. The van der Waals surface area contributed by atoms with Gasteiger partial charge in [0.2, 0.25) is 5.89 Å². The lowest BCUT2D eigenvalue weighted by Crippen LogP contribution is -2.23. The number of furan rings is 1. The van der Waals surface area contributed by atoms with Gasteiger partial charge in [0.1, 0.15) is 0 Å². The van der Waals surface area contributed by atoms with Crippen molar-refractivity contribution in [3.63, 3.8) is 0 Å². The van der Waals surface area contributed by atoms with Crippen LogP contribution in [0, 0.1) is 0 Å². The number of nitrogens with zero attached hydrogens (tertiary/aromatic N) is 3. The van der Waals surface area contributed by atoms with Crippen LogP contribution in [0.1, 0.15) is 35.2 Å². The summed E-state index contributed by atoms with van der Waals surface area (Å²) in [6.45, 7) is 4.26. The number of carbonyl (C=O) groups excluding carboxylic acids is 1. The van der Waals surface area contributed by atoms with Crippen LogP contribution >= 0.6 is 0 Å². The van der Waals surface area contributed by atoms with Crippen molar-refractivity contribution in [2.45, 2.75) is 26.4 Å². The van der Waals surface area contributed by atoms with Crippen molar-refractivity contribution in [1.82, 2.24) is 15.1 Å². The van der Waals surface area contributed by atoms with Gasteiger partial charge < -0.3 is 13.6 Å². The molecule has 0 saturated carbocycles. The summed E-state index contributed by atoms with van der Waals surface area (Å²) >= 11 is 0. The Kier molecular flexibility index (Phi) is 5.80. The fourth-order valence-corrected chi connectivity index (χ4v) is 2.66. The number of aromatic nitrogens is 2. The summed E-state index contributed by atoms with van der Waals surface area (Å²) in [5.74, 6) is 1.14. The van der Waals surface area contributed by atoms with Gasteiger partial charge in [0.25, 0.3) is 5.89 Å². The largest absolute Gasteiger partial charge is 0.465 e. The second kappa shape index (κ2) is 8.44. The van der Waals surface area contributed by atoms with E-state index in [9.17, 15) is 4.79 Å². The van der Waals surface area contributed by atoms with Gasteiger partial charge in [-0.25, -0.2) is 4.79 Å². The van der Waals surface area contributed by atoms with E-state index < -0.39 is 0 Å². The van der Waals surface area contributed by atoms with Crippen molar-refractivity contribution in [2.24, 2.45) is 0 Å². The average Bonchev–Trinajstić information content (AvgIpc) is 3.33. The standard InChI is InChI=1S/C19H21N3O4/c1-3-10-22(12-14-6-8-15(9-7-14)19(23)24-2)13-17-20-21-18(26-17)16-5-4-11-25-16/h4-9,11H,3,10,12-13H2,1-2H3. The van der Waals surface area contributed by atoms with Gasteiger partial charge in [-0.15, -0.1) is 10.2 Å². The molecule has 0 saturated heterocycles. The van der Waals surface area contributed by atoms with E-state index in [4.69, 9.17) is 13.6 Å². The quantitative estimate of drug-likeness (QED) is 0.572. The van der Waals surface area contributed by atoms with Crippen LogP contribution in [-0.4, -0.2) is 34.7 Å². The summed E-state index contributed by atoms with van der Waals surface area (Å²) in [5.41, 5.74) is 1.63. The molecule has 136 valence electrons. The molecule has 0 radical (unpaired) electrons. The van der Waals surface area contributed by atoms with Gasteiger partial charge in [-0.2, -0.15) is 0 Å². The zero-order valence-corrected chi connectivity index (χ0v) is 14.8. The lowest BCUT2D eigenvalue weighted by molar-refractivity contribution is 0.0600. The van der Waals surface area contributed by atoms with Crippen molar-refractivity contribution in [3.05, 3.63) is 59.7 Å². The first-order valence-electron chi connectivity index (χ1n) is 8.45. The lowest BCUT2D eigenvalue weighted by atomic mass is 10.1. The molecule has 7 nitrogen and oxygen atoms in total. The fourth-order valence-electron chi connectivity index (χ4n) is 2.66. The van der Waals surface area contributed by atoms with E-state index in [1.165, 1.54) is 7.11 Å². The first-order valence-corrected chi connectivity index (χ1v) is 8.45. The highest BCUT2D eigenvalue weighted by atomic mass is 16.5. The Morgan fingerprint density at radius 1 is 1.15 bits per heavy atom. The molecule has 0 bridgehead atoms. The molecule has 0 unspecified atom stereocenters. The van der Waals surface area contributed by atoms with Crippen molar-refractivity contribution in [1.29, 1.82) is 0 Å². The molecular weight excluding hydrogens is 334 g/mol. The molecule has 26 heavy (non-hydrogen) atoms. The number of carbonyl (C=O) groups is 1. The van der Waals surface area contributed by atoms with Gasteiger partial charge >= 0.3 is 5.97 Å². The van der Waals surface area contributed by atoms with Crippen molar-refractivity contribution in [2.75, 3.05) is 13.7 Å². The Morgan fingerprint density at radius 2 is 1.96 bits per heavy atom. The van der Waals surface area contributed by atoms with Crippen LogP contribution < -0.4 is 0 Å². The molecule has 0 aliphatic rings. The third-order valence-corrected chi connectivity index (χ3v) is 3.88. The molecule has 7 heteroatoms. The molecule has 0 amide bonds. The van der Waals surface area contributed by atoms with E-state index in [-0.39, 0.29) is 5.97 Å². The first-order chi connectivity index (χ1) is 12.7. The third-order valence-electron chi connectivity index (χ3n) is 3.88. The highest BCUT2D eigenvalue weighted by Gasteiger charge is 2.15. The van der Waals surface area contributed by atoms with Gasteiger partial charge in [0.15, 0.2) is 5.76 Å². The Hall–Kier alpha value is -2.93. The Balaban J connectivity index is 1.66. The van der Waals surface area contributed by atoms with Crippen LogP contribution in [0.15, 0.2) is 51.5 Å². The number of hydrogen-bond donors (Lipinski definition) is 0. The van der Waals surface area contributed by atoms with Gasteiger partial charge in [0.05, 0.1) is 25.5 Å². The summed E-state index contributed by atoms with van der Waals surface area (Å²) in [7, 11) is 1.38. The van der Waals surface area contributed by atoms with E-state index in [0.717, 1.165) is 18.5 Å². The van der Waals surface area contributed by atoms with Gasteiger partial charge in [-0.1, -0.05) is 19.1 Å². The number of benzene rings is 1. The lowest BCUT2D eigenvalue weighted by Gasteiger charge is -2.19. The normalized spacial score (nSPS) is 11.0. The summed E-state index contributed by atoms with van der Waals surface area (Å²) < 4.78 is 15.7. The first kappa shape index (κ1) is 17.9. The van der Waals surface area contributed by atoms with Crippen molar-refractivity contribution >= 4 is 5.97 Å². The van der Waals surface area contributed by atoms with Crippen LogP contribution in [0.3, 0.4) is 0 Å². The molecule has 1 aromatic carbocycles. The average molecular weight is 355 g/mol. The molecule has 0 fully saturated rings. The van der Waals surface area contributed by atoms with E-state index in [2.05, 4.69) is 22.0 Å². The number of methoxy groups -OCH3 is 1. The molecule has 2 aromatic heterocycles. The van der Waals surface area contributed by atoms with Gasteiger partial charge in [-0.05, 0) is 42.8 Å². The maximum Gasteiger partial charge on any atom is 0.337 e. The van der Waals surface area contributed by atoms with E-state index >= 15 is 0 Å². The number of hydrogen-bond acceptors (Lipinski definition) is 7. The second-order valence-corrected chi connectivity index (χ2v) is 5.88. The minimum Gasteiger partial charge on any atom is -0.465 e. The zero-order valence-electron chi connectivity index (χ0n) is 14.8. The molecule has 0 atom stereocenters. The molecule has 3 aromatic rings. The number of rotatable bonds is 8. The van der Waals surface area contributed by atoms with Crippen LogP contribution in [0.4, 0.5) is 0 Å². The molecule has 0 N–H and O–H groups in total. The Labute approximate surface area is 151 Å². The summed E-state index contributed by atoms with van der Waals surface area (Å²) in [4.78, 5) is 13.7. The monoisotopic (exact) mass is 355 g/mol. The molecule has 0 aliphatic carbocycles. The second-order valence-electron chi connectivity index (χ2n) is 5.88. The van der Waals surface area contributed by atoms with E-state index in [1.54, 1.807) is 30.5 Å². The van der Waals surface area contributed by atoms with Crippen LogP contribution in [0.2, 0.25) is 0 Å². The molecular formula is C19H21N3O4. The van der Waals surface area contributed by atoms with Crippen molar-refractivity contribution < 1.29 is 18.4 Å². The molecule has 0 spiro atoms. The van der Waals surface area contributed by atoms with Gasteiger partial charge in [0, 0.05) is 6.54 Å². The molecule has 0 aliphatic heterocycles. The van der Waals surface area contributed by atoms with E-state index in [1.807, 2.05) is 12.1 Å². The van der Waals surface area contributed by atoms with Crippen LogP contribution in [0.5, 0.6) is 0 Å². The predicted octanol–water partition coefficient (Wildman–Crippen LogP) is 3.53. The van der Waals surface area contributed by atoms with Crippen molar-refractivity contribution in [3.8, 4) is 11.7 Å². The maximum atomic E-state index is 11.5. The van der Waals surface area contributed by atoms with E-state index in [0.29, 0.717) is 36.2 Å². The molecule has 2 heterocycles. The van der Waals surface area contributed by atoms with Crippen LogP contribution in [-0.2, 0) is 17.8 Å². The maximum absolute atomic E-state index is 11.5. The SMILES string of the molecule is CCCN(Cc1ccc(C(=O)OC)cc1)Cc1nnc(-c2ccco2)o1. The zero-order chi connectivity index (χ0) is 18.4. The highest BCUT2D eigenvalue weighted by molar-refractivity contribution is 5.89. The highest BCUT2D eigenvalue weighted by Crippen LogP contribution is 2.19. The fraction of sp³-hybridized carbons (Fsp3) is 0.316. The summed E-state index contributed by atoms with van der Waals surface area (Å²) in [6, 6.07) is 11.0.